The Morgan fingerprint density at radius 3 is 2.73 bits per heavy atom. The number of anilines is 1. The van der Waals surface area contributed by atoms with E-state index >= 15 is 0 Å². The van der Waals surface area contributed by atoms with Gasteiger partial charge in [0.15, 0.2) is 0 Å². The van der Waals surface area contributed by atoms with Crippen molar-refractivity contribution < 1.29 is 9.18 Å². The van der Waals surface area contributed by atoms with E-state index in [1.165, 1.54) is 23.3 Å². The molecule has 1 aliphatic rings. The second kappa shape index (κ2) is 6.30. The molecule has 0 saturated heterocycles. The highest BCUT2D eigenvalue weighted by Crippen LogP contribution is 2.32. The van der Waals surface area contributed by atoms with Gasteiger partial charge in [0.25, 0.3) is 0 Å². The smallest absolute Gasteiger partial charge is 0.214 e. The summed E-state index contributed by atoms with van der Waals surface area (Å²) in [5.74, 6) is -0.287. The lowest BCUT2D eigenvalue weighted by atomic mass is 9.92. The predicted octanol–water partition coefficient (Wildman–Crippen LogP) is 4.04. The van der Waals surface area contributed by atoms with Gasteiger partial charge in [-0.1, -0.05) is 35.9 Å². The van der Waals surface area contributed by atoms with Gasteiger partial charge in [-0.05, 0) is 55.9 Å². The summed E-state index contributed by atoms with van der Waals surface area (Å²) in [4.78, 5) is 13.2. The molecule has 2 aromatic carbocycles. The van der Waals surface area contributed by atoms with Crippen molar-refractivity contribution >= 4 is 12.1 Å². The Morgan fingerprint density at radius 2 is 2.00 bits per heavy atom. The molecule has 0 bridgehead atoms. The van der Waals surface area contributed by atoms with E-state index < -0.39 is 0 Å². The molecule has 0 spiro atoms. The van der Waals surface area contributed by atoms with Gasteiger partial charge in [-0.25, -0.2) is 4.39 Å². The number of benzene rings is 2. The SMILES string of the molecule is Cc1ccc(CCC2CCc3ccc(F)cc3N2C=O)cc1. The third-order valence-corrected chi connectivity index (χ3v) is 4.47. The number of rotatable bonds is 4. The molecule has 1 aliphatic heterocycles. The molecule has 0 fully saturated rings. The van der Waals surface area contributed by atoms with Gasteiger partial charge in [0.1, 0.15) is 5.82 Å². The van der Waals surface area contributed by atoms with Gasteiger partial charge in [-0.15, -0.1) is 0 Å². The van der Waals surface area contributed by atoms with E-state index in [1.54, 1.807) is 11.0 Å². The average molecular weight is 297 g/mol. The Morgan fingerprint density at radius 1 is 1.23 bits per heavy atom. The van der Waals surface area contributed by atoms with Crippen molar-refractivity contribution in [2.75, 3.05) is 4.90 Å². The Labute approximate surface area is 130 Å². The van der Waals surface area contributed by atoms with E-state index in [4.69, 9.17) is 0 Å². The summed E-state index contributed by atoms with van der Waals surface area (Å²) in [5, 5.41) is 0. The fraction of sp³-hybridized carbons (Fsp3) is 0.316. The normalized spacial score (nSPS) is 17.2. The molecule has 1 unspecified atom stereocenters. The highest BCUT2D eigenvalue weighted by molar-refractivity contribution is 5.79. The van der Waals surface area contributed by atoms with Gasteiger partial charge < -0.3 is 4.90 Å². The molecule has 3 rings (SSSR count). The lowest BCUT2D eigenvalue weighted by molar-refractivity contribution is -0.108. The van der Waals surface area contributed by atoms with Crippen LogP contribution in [0.4, 0.5) is 10.1 Å². The molecular formula is C19H20FNO. The first kappa shape index (κ1) is 14.8. The largest absolute Gasteiger partial charge is 0.312 e. The molecule has 2 aromatic rings. The van der Waals surface area contributed by atoms with E-state index in [0.29, 0.717) is 0 Å². The molecule has 0 N–H and O–H groups in total. The first-order valence-electron chi connectivity index (χ1n) is 7.75. The van der Waals surface area contributed by atoms with Crippen LogP contribution in [0.1, 0.15) is 29.5 Å². The number of amides is 1. The third kappa shape index (κ3) is 3.03. The van der Waals surface area contributed by atoms with Crippen molar-refractivity contribution in [2.24, 2.45) is 0 Å². The number of carbonyl (C=O) groups excluding carboxylic acids is 1. The van der Waals surface area contributed by atoms with Gasteiger partial charge in [0.2, 0.25) is 6.41 Å². The highest BCUT2D eigenvalue weighted by Gasteiger charge is 2.26. The van der Waals surface area contributed by atoms with Gasteiger partial charge in [-0.3, -0.25) is 4.79 Å². The van der Waals surface area contributed by atoms with Crippen molar-refractivity contribution in [3.05, 3.63) is 65.0 Å². The summed E-state index contributed by atoms with van der Waals surface area (Å²) in [6, 6.07) is 13.4. The standard InChI is InChI=1S/C19H20FNO/c1-14-2-4-15(5-3-14)6-10-18-11-8-16-7-9-17(20)12-19(16)21(18)13-22/h2-5,7,9,12-13,18H,6,8,10-11H2,1H3. The van der Waals surface area contributed by atoms with Crippen LogP contribution in [0.15, 0.2) is 42.5 Å². The summed E-state index contributed by atoms with van der Waals surface area (Å²) < 4.78 is 13.5. The Bertz CT molecular complexity index is 666. The van der Waals surface area contributed by atoms with Crippen molar-refractivity contribution in [3.8, 4) is 0 Å². The number of nitrogens with zero attached hydrogens (tertiary/aromatic N) is 1. The second-order valence-corrected chi connectivity index (χ2v) is 6.00. The summed E-state index contributed by atoms with van der Waals surface area (Å²) in [6.07, 6.45) is 4.51. The third-order valence-electron chi connectivity index (χ3n) is 4.47. The summed E-state index contributed by atoms with van der Waals surface area (Å²) in [5.41, 5.74) is 4.32. The molecule has 3 heteroatoms. The maximum atomic E-state index is 13.5. The molecule has 22 heavy (non-hydrogen) atoms. The number of carbonyl (C=O) groups is 1. The molecule has 114 valence electrons. The summed E-state index contributed by atoms with van der Waals surface area (Å²) >= 11 is 0. The van der Waals surface area contributed by atoms with Crippen LogP contribution in [0.25, 0.3) is 0 Å². The Hall–Kier alpha value is -2.16. The number of hydrogen-bond donors (Lipinski definition) is 0. The second-order valence-electron chi connectivity index (χ2n) is 6.00. The van der Waals surface area contributed by atoms with Crippen molar-refractivity contribution in [1.29, 1.82) is 0 Å². The van der Waals surface area contributed by atoms with Gasteiger partial charge in [-0.2, -0.15) is 0 Å². The van der Waals surface area contributed by atoms with Crippen molar-refractivity contribution in [2.45, 2.75) is 38.6 Å². The van der Waals surface area contributed by atoms with Crippen LogP contribution in [-0.4, -0.2) is 12.5 Å². The molecule has 1 amide bonds. The maximum Gasteiger partial charge on any atom is 0.214 e. The highest BCUT2D eigenvalue weighted by atomic mass is 19.1. The topological polar surface area (TPSA) is 20.3 Å². The van der Waals surface area contributed by atoms with Crippen molar-refractivity contribution in [3.63, 3.8) is 0 Å². The van der Waals surface area contributed by atoms with E-state index in [2.05, 4.69) is 31.2 Å². The van der Waals surface area contributed by atoms with E-state index in [1.807, 2.05) is 0 Å². The van der Waals surface area contributed by atoms with Crippen LogP contribution in [0, 0.1) is 12.7 Å². The molecule has 2 nitrogen and oxygen atoms in total. The zero-order valence-electron chi connectivity index (χ0n) is 12.8. The minimum Gasteiger partial charge on any atom is -0.312 e. The van der Waals surface area contributed by atoms with Gasteiger partial charge in [0.05, 0.1) is 0 Å². The lowest BCUT2D eigenvalue weighted by Gasteiger charge is -2.34. The van der Waals surface area contributed by atoms with Gasteiger partial charge >= 0.3 is 0 Å². The summed E-state index contributed by atoms with van der Waals surface area (Å²) in [7, 11) is 0. The van der Waals surface area contributed by atoms with Crippen LogP contribution in [-0.2, 0) is 17.6 Å². The molecule has 1 atom stereocenters. The minimum atomic E-state index is -0.287. The Balaban J connectivity index is 1.74. The zero-order valence-corrected chi connectivity index (χ0v) is 12.8. The monoisotopic (exact) mass is 297 g/mol. The number of fused-ring (bicyclic) bond motifs is 1. The minimum absolute atomic E-state index is 0.146. The quantitative estimate of drug-likeness (QED) is 0.780. The number of halogens is 1. The molecule has 0 aromatic heterocycles. The van der Waals surface area contributed by atoms with Crippen molar-refractivity contribution in [1.82, 2.24) is 0 Å². The van der Waals surface area contributed by atoms with Crippen LogP contribution in [0.2, 0.25) is 0 Å². The first-order valence-corrected chi connectivity index (χ1v) is 7.75. The molecule has 0 radical (unpaired) electrons. The maximum absolute atomic E-state index is 13.5. The number of aryl methyl sites for hydroxylation is 3. The van der Waals surface area contributed by atoms with Crippen LogP contribution >= 0.6 is 0 Å². The fourth-order valence-electron chi connectivity index (χ4n) is 3.16. The van der Waals surface area contributed by atoms with Crippen LogP contribution < -0.4 is 4.90 Å². The average Bonchev–Trinajstić information content (AvgIpc) is 2.53. The zero-order chi connectivity index (χ0) is 15.5. The van der Waals surface area contributed by atoms with E-state index in [9.17, 15) is 9.18 Å². The molecule has 0 aliphatic carbocycles. The number of hydrogen-bond acceptors (Lipinski definition) is 1. The van der Waals surface area contributed by atoms with Gasteiger partial charge in [0, 0.05) is 11.7 Å². The molecule has 0 saturated carbocycles. The summed E-state index contributed by atoms with van der Waals surface area (Å²) in [6.45, 7) is 2.07. The lowest BCUT2D eigenvalue weighted by Crippen LogP contribution is -2.38. The van der Waals surface area contributed by atoms with E-state index in [-0.39, 0.29) is 11.9 Å². The molecular weight excluding hydrogens is 277 g/mol. The molecule has 1 heterocycles. The Kier molecular flexibility index (Phi) is 4.23. The predicted molar refractivity (Wildman–Crippen MR) is 86.6 cm³/mol. The van der Waals surface area contributed by atoms with E-state index in [0.717, 1.165) is 43.3 Å². The van der Waals surface area contributed by atoms with Crippen LogP contribution in [0.5, 0.6) is 0 Å². The van der Waals surface area contributed by atoms with Crippen LogP contribution in [0.3, 0.4) is 0 Å². The fourth-order valence-corrected chi connectivity index (χ4v) is 3.16. The first-order chi connectivity index (χ1) is 10.7.